The Balaban J connectivity index is 1.43. The number of para-hydroxylation sites is 1. The molecule has 1 aliphatic rings. The van der Waals surface area contributed by atoms with Gasteiger partial charge in [0.1, 0.15) is 5.75 Å². The first-order chi connectivity index (χ1) is 14.0. The van der Waals surface area contributed by atoms with Crippen LogP contribution in [0.15, 0.2) is 42.5 Å². The summed E-state index contributed by atoms with van der Waals surface area (Å²) in [7, 11) is 0. The van der Waals surface area contributed by atoms with Crippen LogP contribution in [0.25, 0.3) is 0 Å². The normalized spacial score (nSPS) is 14.0. The van der Waals surface area contributed by atoms with E-state index in [0.29, 0.717) is 61.2 Å². The maximum absolute atomic E-state index is 12.7. The van der Waals surface area contributed by atoms with Crippen molar-refractivity contribution in [3.63, 3.8) is 0 Å². The van der Waals surface area contributed by atoms with Gasteiger partial charge in [-0.25, -0.2) is 0 Å². The van der Waals surface area contributed by atoms with Gasteiger partial charge in [-0.15, -0.1) is 0 Å². The van der Waals surface area contributed by atoms with Crippen molar-refractivity contribution in [3.05, 3.63) is 63.6 Å². The van der Waals surface area contributed by atoms with E-state index in [-0.39, 0.29) is 11.8 Å². The topological polar surface area (TPSA) is 49.9 Å². The van der Waals surface area contributed by atoms with Crippen LogP contribution in [0.1, 0.15) is 28.8 Å². The van der Waals surface area contributed by atoms with E-state index in [9.17, 15) is 9.59 Å². The van der Waals surface area contributed by atoms with Gasteiger partial charge in [0.2, 0.25) is 5.91 Å². The average Bonchev–Trinajstić information content (AvgIpc) is 2.73. The van der Waals surface area contributed by atoms with E-state index in [1.165, 1.54) is 0 Å². The molecule has 0 atom stereocenters. The smallest absolute Gasteiger partial charge is 0.255 e. The van der Waals surface area contributed by atoms with Crippen molar-refractivity contribution in [1.29, 1.82) is 0 Å². The Labute approximate surface area is 181 Å². The largest absolute Gasteiger partial charge is 0.493 e. The summed E-state index contributed by atoms with van der Waals surface area (Å²) in [4.78, 5) is 28.6. The highest BCUT2D eigenvalue weighted by molar-refractivity contribution is 6.35. The molecular formula is C22H24Cl2N2O3. The van der Waals surface area contributed by atoms with Crippen molar-refractivity contribution in [2.75, 3.05) is 32.8 Å². The molecule has 0 N–H and O–H groups in total. The zero-order valence-electron chi connectivity index (χ0n) is 16.4. The van der Waals surface area contributed by atoms with Gasteiger partial charge in [-0.05, 0) is 43.2 Å². The lowest BCUT2D eigenvalue weighted by molar-refractivity contribution is -0.132. The molecule has 29 heavy (non-hydrogen) atoms. The van der Waals surface area contributed by atoms with Crippen LogP contribution in [0.5, 0.6) is 5.75 Å². The van der Waals surface area contributed by atoms with Crippen LogP contribution < -0.4 is 4.74 Å². The van der Waals surface area contributed by atoms with Gasteiger partial charge < -0.3 is 14.5 Å². The van der Waals surface area contributed by atoms with Crippen LogP contribution in [-0.4, -0.2) is 54.4 Å². The number of piperazine rings is 1. The van der Waals surface area contributed by atoms with Crippen LogP contribution in [-0.2, 0) is 4.79 Å². The molecule has 1 aliphatic heterocycles. The Morgan fingerprint density at radius 1 is 1.00 bits per heavy atom. The summed E-state index contributed by atoms with van der Waals surface area (Å²) >= 11 is 12.1. The standard InChI is InChI=1S/C22H24Cl2N2O3/c1-16-5-2-3-6-20(16)29-14-4-7-21(27)25-10-12-26(13-11-25)22(28)18-15-17(23)8-9-19(18)24/h2-3,5-6,8-9,15H,4,7,10-14H2,1H3. The third kappa shape index (κ3) is 5.64. The predicted octanol–water partition coefficient (Wildman–Crippen LogP) is 4.45. The number of hydrogen-bond acceptors (Lipinski definition) is 3. The molecule has 1 saturated heterocycles. The van der Waals surface area contributed by atoms with Crippen LogP contribution in [0.2, 0.25) is 10.0 Å². The molecule has 0 aromatic heterocycles. The first-order valence-corrected chi connectivity index (χ1v) is 10.4. The van der Waals surface area contributed by atoms with Crippen LogP contribution >= 0.6 is 23.2 Å². The van der Waals surface area contributed by atoms with Gasteiger partial charge in [0.15, 0.2) is 0 Å². The molecule has 1 heterocycles. The molecule has 5 nitrogen and oxygen atoms in total. The minimum absolute atomic E-state index is 0.0891. The quantitative estimate of drug-likeness (QED) is 0.631. The van der Waals surface area contributed by atoms with Crippen LogP contribution in [0.4, 0.5) is 0 Å². The van der Waals surface area contributed by atoms with Crippen molar-refractivity contribution < 1.29 is 14.3 Å². The Morgan fingerprint density at radius 3 is 2.41 bits per heavy atom. The number of benzene rings is 2. The zero-order chi connectivity index (χ0) is 20.8. The summed E-state index contributed by atoms with van der Waals surface area (Å²) in [6, 6.07) is 12.7. The van der Waals surface area contributed by atoms with E-state index in [2.05, 4.69) is 0 Å². The van der Waals surface area contributed by atoms with Crippen molar-refractivity contribution in [2.24, 2.45) is 0 Å². The van der Waals surface area contributed by atoms with E-state index in [4.69, 9.17) is 27.9 Å². The Hall–Kier alpha value is -2.24. The highest BCUT2D eigenvalue weighted by Crippen LogP contribution is 2.23. The lowest BCUT2D eigenvalue weighted by Crippen LogP contribution is -2.50. The van der Waals surface area contributed by atoms with Gasteiger partial charge in [0, 0.05) is 37.6 Å². The summed E-state index contributed by atoms with van der Waals surface area (Å²) in [5, 5.41) is 0.853. The minimum atomic E-state index is -0.156. The minimum Gasteiger partial charge on any atom is -0.493 e. The van der Waals surface area contributed by atoms with Crippen molar-refractivity contribution in [2.45, 2.75) is 19.8 Å². The zero-order valence-corrected chi connectivity index (χ0v) is 17.9. The van der Waals surface area contributed by atoms with Gasteiger partial charge >= 0.3 is 0 Å². The van der Waals surface area contributed by atoms with E-state index in [1.807, 2.05) is 31.2 Å². The molecule has 2 amide bonds. The van der Waals surface area contributed by atoms with E-state index < -0.39 is 0 Å². The Kier molecular flexibility index (Phi) is 7.40. The number of halogens is 2. The molecule has 7 heteroatoms. The second-order valence-corrected chi connectivity index (χ2v) is 7.86. The van der Waals surface area contributed by atoms with Crippen LogP contribution in [0.3, 0.4) is 0 Å². The van der Waals surface area contributed by atoms with Gasteiger partial charge in [-0.3, -0.25) is 9.59 Å². The predicted molar refractivity (Wildman–Crippen MR) is 115 cm³/mol. The number of carbonyl (C=O) groups is 2. The Morgan fingerprint density at radius 2 is 1.69 bits per heavy atom. The number of rotatable bonds is 6. The SMILES string of the molecule is Cc1ccccc1OCCCC(=O)N1CCN(C(=O)c2cc(Cl)ccc2Cl)CC1. The molecule has 0 aliphatic carbocycles. The third-order valence-electron chi connectivity index (χ3n) is 4.96. The summed E-state index contributed by atoms with van der Waals surface area (Å²) in [5.74, 6) is 0.786. The van der Waals surface area contributed by atoms with E-state index in [0.717, 1.165) is 11.3 Å². The lowest BCUT2D eigenvalue weighted by atomic mass is 10.1. The van der Waals surface area contributed by atoms with Gasteiger partial charge in [0.25, 0.3) is 5.91 Å². The fourth-order valence-electron chi connectivity index (χ4n) is 3.27. The fourth-order valence-corrected chi connectivity index (χ4v) is 3.64. The first kappa shape index (κ1) is 21.5. The molecule has 2 aromatic rings. The van der Waals surface area contributed by atoms with Crippen molar-refractivity contribution in [1.82, 2.24) is 9.80 Å². The molecular weight excluding hydrogens is 411 g/mol. The fraction of sp³-hybridized carbons (Fsp3) is 0.364. The second-order valence-electron chi connectivity index (χ2n) is 7.01. The average molecular weight is 435 g/mol. The first-order valence-electron chi connectivity index (χ1n) is 9.66. The lowest BCUT2D eigenvalue weighted by Gasteiger charge is -2.35. The van der Waals surface area contributed by atoms with Crippen molar-refractivity contribution in [3.8, 4) is 5.75 Å². The summed E-state index contributed by atoms with van der Waals surface area (Å²) < 4.78 is 5.75. The Bertz CT molecular complexity index is 880. The molecule has 0 unspecified atom stereocenters. The highest BCUT2D eigenvalue weighted by Gasteiger charge is 2.25. The maximum Gasteiger partial charge on any atom is 0.255 e. The van der Waals surface area contributed by atoms with E-state index in [1.54, 1.807) is 28.0 Å². The maximum atomic E-state index is 12.7. The molecule has 0 saturated carbocycles. The molecule has 0 bridgehead atoms. The number of hydrogen-bond donors (Lipinski definition) is 0. The molecule has 2 aromatic carbocycles. The molecule has 1 fully saturated rings. The van der Waals surface area contributed by atoms with Gasteiger partial charge in [-0.1, -0.05) is 41.4 Å². The molecule has 154 valence electrons. The molecule has 0 spiro atoms. The monoisotopic (exact) mass is 434 g/mol. The van der Waals surface area contributed by atoms with Gasteiger partial charge in [0.05, 0.1) is 17.2 Å². The number of nitrogens with zero attached hydrogens (tertiary/aromatic N) is 2. The van der Waals surface area contributed by atoms with Crippen molar-refractivity contribution >= 4 is 35.0 Å². The highest BCUT2D eigenvalue weighted by atomic mass is 35.5. The van der Waals surface area contributed by atoms with Gasteiger partial charge in [-0.2, -0.15) is 0 Å². The second kappa shape index (κ2) is 9.99. The van der Waals surface area contributed by atoms with Crippen LogP contribution in [0, 0.1) is 6.92 Å². The summed E-state index contributed by atoms with van der Waals surface area (Å²) in [6.45, 7) is 4.49. The third-order valence-corrected chi connectivity index (χ3v) is 5.53. The van der Waals surface area contributed by atoms with E-state index >= 15 is 0 Å². The summed E-state index contributed by atoms with van der Waals surface area (Å²) in [6.07, 6.45) is 1.09. The molecule has 0 radical (unpaired) electrons. The number of amides is 2. The number of aryl methyl sites for hydroxylation is 1. The summed E-state index contributed by atoms with van der Waals surface area (Å²) in [5.41, 5.74) is 1.48. The molecule has 3 rings (SSSR count). The number of ether oxygens (including phenoxy) is 1. The number of carbonyl (C=O) groups excluding carboxylic acids is 2.